The molecule has 0 unspecified atom stereocenters. The van der Waals surface area contributed by atoms with E-state index in [0.29, 0.717) is 17.1 Å². The van der Waals surface area contributed by atoms with Gasteiger partial charge in [0.15, 0.2) is 11.5 Å². The maximum Gasteiger partial charge on any atom is 0.335 e. The average Bonchev–Trinajstić information content (AvgIpc) is 2.62. The van der Waals surface area contributed by atoms with Gasteiger partial charge in [-0.3, -0.25) is 15.0 Å². The van der Waals surface area contributed by atoms with Crippen LogP contribution >= 0.6 is 0 Å². The summed E-state index contributed by atoms with van der Waals surface area (Å²) in [7, 11) is 1.46. The van der Waals surface area contributed by atoms with Crippen LogP contribution in [0.25, 0.3) is 0 Å². The highest BCUT2D eigenvalue weighted by atomic mass is 16.5. The molecule has 0 spiro atoms. The van der Waals surface area contributed by atoms with Crippen molar-refractivity contribution in [3.63, 3.8) is 0 Å². The third-order valence-corrected chi connectivity index (χ3v) is 3.31. The van der Waals surface area contributed by atoms with E-state index in [-0.39, 0.29) is 11.3 Å². The Kier molecular flexibility index (Phi) is 6.05. The number of carboxylic acid groups (broad SMARTS) is 1. The summed E-state index contributed by atoms with van der Waals surface area (Å²) in [4.78, 5) is 35.1. The fourth-order valence-corrected chi connectivity index (χ4v) is 2.06. The zero-order valence-electron chi connectivity index (χ0n) is 14.1. The van der Waals surface area contributed by atoms with E-state index in [9.17, 15) is 14.4 Å². The van der Waals surface area contributed by atoms with Gasteiger partial charge in [0.05, 0.1) is 24.0 Å². The number of hydrogen-bond acceptors (Lipinski definition) is 6. The van der Waals surface area contributed by atoms with Crippen molar-refractivity contribution in [2.24, 2.45) is 5.10 Å². The van der Waals surface area contributed by atoms with E-state index in [1.54, 1.807) is 30.3 Å². The molecule has 134 valence electrons. The van der Waals surface area contributed by atoms with Crippen molar-refractivity contribution in [3.8, 4) is 5.75 Å². The molecular weight excluding hydrogens is 338 g/mol. The van der Waals surface area contributed by atoms with Gasteiger partial charge in [-0.1, -0.05) is 18.2 Å². The lowest BCUT2D eigenvalue weighted by molar-refractivity contribution is -0.114. The molecule has 0 fully saturated rings. The molecule has 3 N–H and O–H groups in total. The normalized spacial score (nSPS) is 10.8. The molecule has 8 heteroatoms. The van der Waals surface area contributed by atoms with Gasteiger partial charge in [-0.15, -0.1) is 0 Å². The quantitative estimate of drug-likeness (QED) is 0.399. The molecule has 0 aliphatic heterocycles. The molecule has 0 aromatic heterocycles. The van der Waals surface area contributed by atoms with Crippen molar-refractivity contribution >= 4 is 34.7 Å². The first kappa shape index (κ1) is 18.7. The van der Waals surface area contributed by atoms with Gasteiger partial charge in [0, 0.05) is 6.92 Å². The number of amides is 1. The smallest absolute Gasteiger partial charge is 0.335 e. The average molecular weight is 355 g/mol. The predicted molar refractivity (Wildman–Crippen MR) is 96.8 cm³/mol. The minimum Gasteiger partial charge on any atom is -0.495 e. The number of rotatable bonds is 7. The standard InChI is InChI=1S/C18H17N3O5/c1-11(22)16(17(23)19-14-8-3-4-9-15(14)26-2)21-20-13-7-5-6-12(10-13)18(24)25/h3-10,20H,1-2H3,(H,19,23)(H,24,25)/b21-16-. The van der Waals surface area contributed by atoms with E-state index in [4.69, 9.17) is 9.84 Å². The Balaban J connectivity index is 2.21. The summed E-state index contributed by atoms with van der Waals surface area (Å²) in [5.41, 5.74) is 2.93. The molecule has 0 radical (unpaired) electrons. The summed E-state index contributed by atoms with van der Waals surface area (Å²) in [6.07, 6.45) is 0. The third kappa shape index (κ3) is 4.67. The van der Waals surface area contributed by atoms with Crippen molar-refractivity contribution in [3.05, 3.63) is 54.1 Å². The topological polar surface area (TPSA) is 117 Å². The number of benzene rings is 2. The Morgan fingerprint density at radius 1 is 1.08 bits per heavy atom. The Bertz CT molecular complexity index is 877. The number of ketones is 1. The highest BCUT2D eigenvalue weighted by molar-refractivity contribution is 6.67. The second kappa shape index (κ2) is 8.43. The van der Waals surface area contributed by atoms with Crippen LogP contribution in [0.2, 0.25) is 0 Å². The molecule has 0 aliphatic carbocycles. The van der Waals surface area contributed by atoms with Crippen molar-refractivity contribution in [1.82, 2.24) is 0 Å². The lowest BCUT2D eigenvalue weighted by atomic mass is 10.2. The van der Waals surface area contributed by atoms with E-state index in [1.165, 1.54) is 32.2 Å². The summed E-state index contributed by atoms with van der Waals surface area (Å²) in [6.45, 7) is 1.20. The summed E-state index contributed by atoms with van der Waals surface area (Å²) in [5.74, 6) is -1.94. The van der Waals surface area contributed by atoms with E-state index in [1.807, 2.05) is 0 Å². The van der Waals surface area contributed by atoms with Crippen LogP contribution in [0, 0.1) is 0 Å². The molecule has 0 atom stereocenters. The number of hydrogen-bond donors (Lipinski definition) is 3. The predicted octanol–water partition coefficient (Wildman–Crippen LogP) is 2.39. The van der Waals surface area contributed by atoms with Crippen LogP contribution in [0.4, 0.5) is 11.4 Å². The number of carbonyl (C=O) groups is 3. The molecule has 26 heavy (non-hydrogen) atoms. The van der Waals surface area contributed by atoms with Gasteiger partial charge in [-0.05, 0) is 30.3 Å². The molecule has 0 saturated carbocycles. The number of nitrogens with one attached hydrogen (secondary N) is 2. The molecule has 2 aromatic rings. The Hall–Kier alpha value is -3.68. The second-order valence-electron chi connectivity index (χ2n) is 5.17. The fourth-order valence-electron chi connectivity index (χ4n) is 2.06. The third-order valence-electron chi connectivity index (χ3n) is 3.31. The van der Waals surface area contributed by atoms with Crippen LogP contribution in [0.5, 0.6) is 5.75 Å². The SMILES string of the molecule is COc1ccccc1NC(=O)/C(=N\Nc1cccc(C(=O)O)c1)C(C)=O. The molecule has 2 rings (SSSR count). The van der Waals surface area contributed by atoms with Crippen LogP contribution in [-0.2, 0) is 9.59 Å². The number of hydrazone groups is 1. The highest BCUT2D eigenvalue weighted by Gasteiger charge is 2.18. The highest BCUT2D eigenvalue weighted by Crippen LogP contribution is 2.23. The number of carboxylic acids is 1. The number of methoxy groups -OCH3 is 1. The number of ether oxygens (including phenoxy) is 1. The maximum atomic E-state index is 12.4. The molecule has 8 nitrogen and oxygen atoms in total. The Labute approximate surface area is 149 Å². The van der Waals surface area contributed by atoms with Crippen LogP contribution < -0.4 is 15.5 Å². The Morgan fingerprint density at radius 3 is 2.46 bits per heavy atom. The molecule has 0 bridgehead atoms. The van der Waals surface area contributed by atoms with Crippen molar-refractivity contribution < 1.29 is 24.2 Å². The molecule has 0 saturated heterocycles. The molecule has 1 amide bonds. The summed E-state index contributed by atoms with van der Waals surface area (Å²) in [6, 6.07) is 12.6. The maximum absolute atomic E-state index is 12.4. The first-order chi connectivity index (χ1) is 12.4. The number of para-hydroxylation sites is 2. The van der Waals surface area contributed by atoms with Crippen molar-refractivity contribution in [2.75, 3.05) is 17.9 Å². The number of carbonyl (C=O) groups excluding carboxylic acids is 2. The van der Waals surface area contributed by atoms with E-state index < -0.39 is 17.7 Å². The monoisotopic (exact) mass is 355 g/mol. The van der Waals surface area contributed by atoms with Crippen LogP contribution in [0.1, 0.15) is 17.3 Å². The van der Waals surface area contributed by atoms with E-state index in [2.05, 4.69) is 15.8 Å². The van der Waals surface area contributed by atoms with Gasteiger partial charge in [-0.2, -0.15) is 5.10 Å². The van der Waals surface area contributed by atoms with Crippen molar-refractivity contribution in [1.29, 1.82) is 0 Å². The minimum atomic E-state index is -1.10. The zero-order chi connectivity index (χ0) is 19.1. The fraction of sp³-hybridized carbons (Fsp3) is 0.111. The summed E-state index contributed by atoms with van der Waals surface area (Å²) < 4.78 is 5.14. The van der Waals surface area contributed by atoms with Gasteiger partial charge in [0.25, 0.3) is 5.91 Å². The number of aromatic carboxylic acids is 1. The molecular formula is C18H17N3O5. The van der Waals surface area contributed by atoms with Crippen LogP contribution in [0.3, 0.4) is 0 Å². The molecule has 0 heterocycles. The van der Waals surface area contributed by atoms with E-state index in [0.717, 1.165) is 0 Å². The van der Waals surface area contributed by atoms with Crippen LogP contribution in [-0.4, -0.2) is 35.6 Å². The number of nitrogens with zero attached hydrogens (tertiary/aromatic N) is 1. The van der Waals surface area contributed by atoms with Gasteiger partial charge in [0.2, 0.25) is 0 Å². The first-order valence-electron chi connectivity index (χ1n) is 7.54. The lowest BCUT2D eigenvalue weighted by Crippen LogP contribution is -2.29. The largest absolute Gasteiger partial charge is 0.495 e. The van der Waals surface area contributed by atoms with Gasteiger partial charge >= 0.3 is 5.97 Å². The molecule has 0 aliphatic rings. The number of Topliss-reactive ketones (excluding diaryl/α,β-unsaturated/α-hetero) is 1. The van der Waals surface area contributed by atoms with Gasteiger partial charge in [0.1, 0.15) is 5.75 Å². The van der Waals surface area contributed by atoms with Gasteiger partial charge in [-0.25, -0.2) is 4.79 Å². The first-order valence-corrected chi connectivity index (χ1v) is 7.54. The second-order valence-corrected chi connectivity index (χ2v) is 5.17. The lowest BCUT2D eigenvalue weighted by Gasteiger charge is -2.10. The zero-order valence-corrected chi connectivity index (χ0v) is 14.1. The Morgan fingerprint density at radius 2 is 1.81 bits per heavy atom. The minimum absolute atomic E-state index is 0.0491. The molecule has 2 aromatic carbocycles. The van der Waals surface area contributed by atoms with Gasteiger partial charge < -0.3 is 15.2 Å². The summed E-state index contributed by atoms with van der Waals surface area (Å²) in [5, 5.41) is 15.4. The van der Waals surface area contributed by atoms with Crippen LogP contribution in [0.15, 0.2) is 53.6 Å². The number of anilines is 2. The summed E-state index contributed by atoms with van der Waals surface area (Å²) >= 11 is 0. The van der Waals surface area contributed by atoms with E-state index >= 15 is 0 Å². The van der Waals surface area contributed by atoms with Crippen molar-refractivity contribution in [2.45, 2.75) is 6.92 Å².